The van der Waals surface area contributed by atoms with Crippen LogP contribution in [-0.2, 0) is 52.6 Å². The van der Waals surface area contributed by atoms with Crippen LogP contribution in [0.4, 0.5) is 0 Å². The molecular formula is C73H87N21O11. The summed E-state index contributed by atoms with van der Waals surface area (Å²) in [6.07, 6.45) is 19.5. The predicted molar refractivity (Wildman–Crippen MR) is 389 cm³/mol. The number of amides is 8. The van der Waals surface area contributed by atoms with Crippen molar-refractivity contribution in [3.8, 4) is 45.6 Å². The predicted octanol–water partition coefficient (Wildman–Crippen LogP) is 4.92. The Morgan fingerprint density at radius 1 is 0.419 bits per heavy atom. The van der Waals surface area contributed by atoms with Crippen LogP contribution in [-0.4, -0.2) is 170 Å². The number of aromatic nitrogens is 12. The molecule has 3 atom stereocenters. The minimum Gasteiger partial charge on any atom is -0.381 e. The van der Waals surface area contributed by atoms with E-state index < -0.39 is 35.1 Å². The van der Waals surface area contributed by atoms with Crippen molar-refractivity contribution in [2.75, 3.05) is 53.2 Å². The summed E-state index contributed by atoms with van der Waals surface area (Å²) < 4.78 is 21.2. The highest BCUT2D eigenvalue weighted by molar-refractivity contribution is 5.94. The van der Waals surface area contributed by atoms with Crippen molar-refractivity contribution < 1.29 is 52.6 Å². The molecule has 32 heteroatoms. The Kier molecular flexibility index (Phi) is 27.0. The van der Waals surface area contributed by atoms with Crippen LogP contribution < -0.4 is 43.4 Å². The van der Waals surface area contributed by atoms with E-state index in [9.17, 15) is 38.4 Å². The zero-order chi connectivity index (χ0) is 75.2. The van der Waals surface area contributed by atoms with E-state index in [1.165, 1.54) is 93.1 Å². The van der Waals surface area contributed by atoms with Crippen LogP contribution in [0, 0.1) is 72.6 Å². The number of ether oxygens (including phenoxy) is 3. The van der Waals surface area contributed by atoms with E-state index in [-0.39, 0.29) is 35.5 Å². The molecule has 8 amide bonds. The summed E-state index contributed by atoms with van der Waals surface area (Å²) in [6.45, 7) is 21.8. The number of rotatable bonds is 16. The summed E-state index contributed by atoms with van der Waals surface area (Å²) in [5, 5.41) is 17.3. The third-order valence-electron chi connectivity index (χ3n) is 16.4. The first kappa shape index (κ1) is 77.2. The molecule has 0 bridgehead atoms. The van der Waals surface area contributed by atoms with Gasteiger partial charge in [-0.2, -0.15) is 0 Å². The Morgan fingerprint density at radius 2 is 0.762 bits per heavy atom. The third kappa shape index (κ3) is 23.8. The molecule has 105 heavy (non-hydrogen) atoms. The number of likely N-dealkylation sites (tertiary alicyclic amines) is 1. The number of nitrogens with one attached hydrogen (secondary N) is 8. The molecule has 8 heterocycles. The first-order valence-corrected chi connectivity index (χ1v) is 33.9. The van der Waals surface area contributed by atoms with E-state index in [0.29, 0.717) is 75.7 Å². The second kappa shape index (κ2) is 36.7. The van der Waals surface area contributed by atoms with Gasteiger partial charge in [-0.3, -0.25) is 81.8 Å². The molecule has 8 aromatic rings. The monoisotopic (exact) mass is 1430 g/mol. The largest absolute Gasteiger partial charge is 0.381 e. The van der Waals surface area contributed by atoms with E-state index in [4.69, 9.17) is 14.2 Å². The summed E-state index contributed by atoms with van der Waals surface area (Å²) in [5.74, 6) is -0.843. The normalized spacial score (nSPS) is 16.6. The van der Waals surface area contributed by atoms with Crippen LogP contribution in [0.1, 0.15) is 77.1 Å². The van der Waals surface area contributed by atoms with Crippen LogP contribution in [0.15, 0.2) is 122 Å². The number of carbonyl (C=O) groups excluding carboxylic acids is 8. The van der Waals surface area contributed by atoms with Crippen molar-refractivity contribution in [1.82, 2.24) is 107 Å². The topological polar surface area (TPSA) is 387 Å². The van der Waals surface area contributed by atoms with Crippen molar-refractivity contribution in [2.24, 2.45) is 17.3 Å². The van der Waals surface area contributed by atoms with Gasteiger partial charge < -0.3 is 19.1 Å². The third-order valence-corrected chi connectivity index (χ3v) is 16.4. The Hall–Kier alpha value is -12.0. The van der Waals surface area contributed by atoms with Crippen molar-refractivity contribution in [3.63, 3.8) is 0 Å². The Morgan fingerprint density at radius 3 is 1.06 bits per heavy atom. The smallest absolute Gasteiger partial charge is 0.267 e. The Labute approximate surface area is 606 Å². The number of hydrazine groups is 4. The minimum absolute atomic E-state index is 0.0880. The molecular weight excluding hydrogens is 1350 g/mol. The van der Waals surface area contributed by atoms with E-state index >= 15 is 0 Å². The van der Waals surface area contributed by atoms with Gasteiger partial charge in [-0.1, -0.05) is 68.8 Å². The second-order valence-electron chi connectivity index (χ2n) is 26.2. The summed E-state index contributed by atoms with van der Waals surface area (Å²) in [5.41, 5.74) is 31.2. The zero-order valence-corrected chi connectivity index (χ0v) is 60.2. The molecule has 4 aromatic carbocycles. The lowest BCUT2D eigenvalue weighted by Crippen LogP contribution is -2.56. The molecule has 0 saturated carbocycles. The average Bonchev–Trinajstić information content (AvgIpc) is 0.999. The quantitative estimate of drug-likeness (QED) is 0.0470. The van der Waals surface area contributed by atoms with E-state index in [1.54, 1.807) is 6.92 Å². The number of carbonyl (C=O) groups is 8. The Balaban J connectivity index is 0.000000162. The Bertz CT molecular complexity index is 4330. The molecule has 0 spiro atoms. The molecule has 8 N–H and O–H groups in total. The van der Waals surface area contributed by atoms with Crippen LogP contribution in [0.2, 0.25) is 0 Å². The van der Waals surface area contributed by atoms with Gasteiger partial charge in [0.2, 0.25) is 17.7 Å². The summed E-state index contributed by atoms with van der Waals surface area (Å²) in [6, 6.07) is 24.4. The summed E-state index contributed by atoms with van der Waals surface area (Å²) in [7, 11) is 1.97. The molecule has 0 radical (unpaired) electrons. The first-order valence-electron chi connectivity index (χ1n) is 33.9. The summed E-state index contributed by atoms with van der Waals surface area (Å²) >= 11 is 0. The number of nitrogens with zero attached hydrogens (tertiary/aromatic N) is 13. The van der Waals surface area contributed by atoms with E-state index in [1.807, 2.05) is 111 Å². The maximum atomic E-state index is 12.0. The minimum atomic E-state index is -0.580. The molecule has 4 fully saturated rings. The van der Waals surface area contributed by atoms with Crippen molar-refractivity contribution in [3.05, 3.63) is 167 Å². The van der Waals surface area contributed by atoms with Gasteiger partial charge in [-0.15, -0.1) is 20.4 Å². The maximum Gasteiger partial charge on any atom is 0.267 e. The van der Waals surface area contributed by atoms with Gasteiger partial charge >= 0.3 is 0 Å². The van der Waals surface area contributed by atoms with Crippen LogP contribution in [0.5, 0.6) is 0 Å². The second-order valence-corrected chi connectivity index (χ2v) is 26.2. The number of hydrogen-bond acceptors (Lipinski definition) is 20. The fourth-order valence-electron chi connectivity index (χ4n) is 11.2. The SMILES string of the molecule is Cc1cc(C)cc(-c2ncn(/C=C\C(=O)NNC(=O)C3(C)COC3)n2)c1.Cc1cc(C)cc(-c2ncn(/C=C\C(=O)NNC(=O)C3CCCO3)n2)c1.Cc1cc(C)cc(-c2ncn(/C=C\C(=O)NNC(=O)C3CCN(C)C3)n2)c1.Cc1cc(C)cc(-c2ncn(/C=C\C(=O)NNC(=O)C3CCOC3)n2)c1. The van der Waals surface area contributed by atoms with Gasteiger partial charge in [0, 0.05) is 91.1 Å². The highest BCUT2D eigenvalue weighted by Crippen LogP contribution is 2.27. The van der Waals surface area contributed by atoms with E-state index in [0.717, 1.165) is 86.1 Å². The first-order chi connectivity index (χ1) is 50.3. The molecule has 3 unspecified atom stereocenters. The van der Waals surface area contributed by atoms with Crippen molar-refractivity contribution in [2.45, 2.75) is 94.1 Å². The van der Waals surface area contributed by atoms with Gasteiger partial charge in [0.25, 0.3) is 29.5 Å². The van der Waals surface area contributed by atoms with Gasteiger partial charge in [0.15, 0.2) is 23.3 Å². The lowest BCUT2D eigenvalue weighted by Gasteiger charge is -2.35. The highest BCUT2D eigenvalue weighted by atomic mass is 16.5. The molecule has 4 aromatic heterocycles. The van der Waals surface area contributed by atoms with Crippen LogP contribution in [0.3, 0.4) is 0 Å². The lowest BCUT2D eigenvalue weighted by atomic mass is 9.88. The molecule has 4 aliphatic heterocycles. The molecule has 4 saturated heterocycles. The van der Waals surface area contributed by atoms with Crippen molar-refractivity contribution >= 4 is 72.1 Å². The van der Waals surface area contributed by atoms with Crippen LogP contribution >= 0.6 is 0 Å². The molecule has 32 nitrogen and oxygen atoms in total. The number of aryl methyl sites for hydroxylation is 8. The van der Waals surface area contributed by atoms with Gasteiger partial charge in [0.1, 0.15) is 31.4 Å². The van der Waals surface area contributed by atoms with Crippen LogP contribution in [0.25, 0.3) is 70.4 Å². The molecule has 4 aliphatic rings. The summed E-state index contributed by atoms with van der Waals surface area (Å²) in [4.78, 5) is 114. The molecule has 550 valence electrons. The number of benzene rings is 4. The van der Waals surface area contributed by atoms with E-state index in [2.05, 4.69) is 113 Å². The zero-order valence-electron chi connectivity index (χ0n) is 60.2. The lowest BCUT2D eigenvalue weighted by molar-refractivity contribution is -0.159. The maximum absolute atomic E-state index is 12.0. The van der Waals surface area contributed by atoms with Gasteiger partial charge in [-0.05, 0) is 150 Å². The standard InChI is InChI=1S/C19H24N6O2.3C18H21N5O3/c1-13-8-14(2)10-16(9-13)18-20-12-25(23-18)7-5-17(26)21-22-19(27)15-4-6-24(3)11-15;1-12-6-13(2)8-14(7-12)16-19-11-23(22-16)5-4-15(24)20-21-17(25)18(3)9-26-10-18;1-12-7-13(2)9-15(8-12)17-19-11-23(22-17)5-3-16(24)20-21-18(25)14-4-6-26-10-14;1-12-8-13(2)10-14(9-12)17-19-11-23(22-17)6-5-16(24)20-21-18(25)15-4-3-7-26-15/h5,7-10,12,15H,4,6,11H2,1-3H3,(H,21,26)(H,22,27);4-8,11H,9-10H2,1-3H3,(H,20,24)(H,21,25);3,5,7-9,11,14H,4,6,10H2,1-2H3,(H,20,24)(H,21,25);5-6,8-11,15H,3-4,7H2,1-2H3,(H,20,24)(H,21,25)/b7-5-;5-4-;5-3-;6-5-. The molecule has 12 rings (SSSR count). The van der Waals surface area contributed by atoms with Gasteiger partial charge in [0.05, 0.1) is 37.1 Å². The van der Waals surface area contributed by atoms with Crippen molar-refractivity contribution in [1.29, 1.82) is 0 Å². The fraction of sp³-hybridized carbons (Fsp3) is 0.342. The number of hydrogen-bond donors (Lipinski definition) is 8. The highest BCUT2D eigenvalue weighted by Gasteiger charge is 2.41. The van der Waals surface area contributed by atoms with Gasteiger partial charge in [-0.25, -0.2) is 38.7 Å². The average molecular weight is 1430 g/mol. The fourth-order valence-corrected chi connectivity index (χ4v) is 11.2. The molecule has 0 aliphatic carbocycles.